The maximum atomic E-state index is 12.2. The number of carbonyl (C=O) groups excluding carboxylic acids is 1. The summed E-state index contributed by atoms with van der Waals surface area (Å²) < 4.78 is 10.3. The molecule has 1 aliphatic heterocycles. The molecule has 0 fully saturated rings. The molecule has 0 saturated carbocycles. The molecule has 108 valence electrons. The fraction of sp³-hybridized carbons (Fsp3) is 0.250. The summed E-state index contributed by atoms with van der Waals surface area (Å²) in [5.74, 6) is 0.466. The lowest BCUT2D eigenvalue weighted by Crippen LogP contribution is -2.28. The third kappa shape index (κ3) is 2.42. The normalized spacial score (nSPS) is 17.0. The zero-order valence-electron chi connectivity index (χ0n) is 11.8. The summed E-state index contributed by atoms with van der Waals surface area (Å²) in [7, 11) is 1.59. The van der Waals surface area contributed by atoms with Gasteiger partial charge < -0.3 is 14.5 Å². The molecular formula is C16H15NO4. The van der Waals surface area contributed by atoms with E-state index in [0.29, 0.717) is 17.0 Å². The topological polar surface area (TPSA) is 68.4 Å². The minimum Gasteiger partial charge on any atom is -0.497 e. The van der Waals surface area contributed by atoms with Gasteiger partial charge in [0.2, 0.25) is 0 Å². The number of hydrogen-bond acceptors (Lipinski definition) is 4. The summed E-state index contributed by atoms with van der Waals surface area (Å²) in [6, 6.07) is 9.05. The molecule has 0 saturated heterocycles. The Balaban J connectivity index is 2.12. The molecule has 1 aromatic carbocycles. The van der Waals surface area contributed by atoms with Crippen LogP contribution in [0, 0.1) is 6.92 Å². The first-order chi connectivity index (χ1) is 10.1. The zero-order chi connectivity index (χ0) is 15.0. The highest BCUT2D eigenvalue weighted by Crippen LogP contribution is 2.36. The molecule has 1 aliphatic rings. The average molecular weight is 285 g/mol. The quantitative estimate of drug-likeness (QED) is 0.858. The largest absolute Gasteiger partial charge is 0.497 e. The molecule has 0 unspecified atom stereocenters. The van der Waals surface area contributed by atoms with Gasteiger partial charge in [0, 0.05) is 17.7 Å². The van der Waals surface area contributed by atoms with Crippen LogP contribution in [-0.2, 0) is 4.79 Å². The highest BCUT2D eigenvalue weighted by atomic mass is 16.5. The lowest BCUT2D eigenvalue weighted by Gasteiger charge is -2.24. The minimum atomic E-state index is -0.326. The van der Waals surface area contributed by atoms with Crippen LogP contribution in [0.5, 0.6) is 11.5 Å². The summed E-state index contributed by atoms with van der Waals surface area (Å²) >= 11 is 0. The third-order valence-electron chi connectivity index (χ3n) is 3.63. The summed E-state index contributed by atoms with van der Waals surface area (Å²) in [5, 5.41) is 0. The first-order valence-electron chi connectivity index (χ1n) is 6.67. The van der Waals surface area contributed by atoms with Gasteiger partial charge in [0.1, 0.15) is 11.5 Å². The molecule has 21 heavy (non-hydrogen) atoms. The van der Waals surface area contributed by atoms with E-state index in [2.05, 4.69) is 4.98 Å². The molecular weight excluding hydrogens is 270 g/mol. The number of aryl methyl sites for hydroxylation is 1. The summed E-state index contributed by atoms with van der Waals surface area (Å²) in [4.78, 5) is 26.8. The second-order valence-electron chi connectivity index (χ2n) is 5.06. The second-order valence-corrected chi connectivity index (χ2v) is 5.06. The molecule has 1 N–H and O–H groups in total. The molecule has 0 spiro atoms. The molecule has 0 radical (unpaired) electrons. The van der Waals surface area contributed by atoms with Crippen molar-refractivity contribution >= 4 is 5.97 Å². The van der Waals surface area contributed by atoms with E-state index in [1.54, 1.807) is 20.1 Å². The number of carbonyl (C=O) groups is 1. The lowest BCUT2D eigenvalue weighted by atomic mass is 9.87. The average Bonchev–Trinajstić information content (AvgIpc) is 2.45. The van der Waals surface area contributed by atoms with Gasteiger partial charge in [-0.15, -0.1) is 0 Å². The number of esters is 1. The highest BCUT2D eigenvalue weighted by Gasteiger charge is 2.31. The van der Waals surface area contributed by atoms with Crippen molar-refractivity contribution in [1.29, 1.82) is 0 Å². The molecule has 3 rings (SSSR count). The van der Waals surface area contributed by atoms with Gasteiger partial charge in [-0.05, 0) is 24.6 Å². The van der Waals surface area contributed by atoms with E-state index in [-0.39, 0.29) is 23.9 Å². The molecule has 2 heterocycles. The third-order valence-corrected chi connectivity index (χ3v) is 3.63. The van der Waals surface area contributed by atoms with Crippen LogP contribution in [0.15, 0.2) is 35.1 Å². The number of ether oxygens (including phenoxy) is 2. The molecule has 1 atom stereocenters. The Hall–Kier alpha value is -2.56. The second kappa shape index (κ2) is 5.09. The first kappa shape index (κ1) is 13.4. The summed E-state index contributed by atoms with van der Waals surface area (Å²) in [6.07, 6.45) is 0.158. The Kier molecular flexibility index (Phi) is 3.25. The van der Waals surface area contributed by atoms with Crippen LogP contribution < -0.4 is 15.0 Å². The number of pyridine rings is 1. The van der Waals surface area contributed by atoms with Crippen LogP contribution >= 0.6 is 0 Å². The highest BCUT2D eigenvalue weighted by molar-refractivity contribution is 5.77. The van der Waals surface area contributed by atoms with Gasteiger partial charge in [-0.1, -0.05) is 12.1 Å². The Labute approximate surface area is 121 Å². The summed E-state index contributed by atoms with van der Waals surface area (Å²) in [6.45, 7) is 1.76. The van der Waals surface area contributed by atoms with Gasteiger partial charge in [0.05, 0.1) is 19.1 Å². The number of nitrogens with one attached hydrogen (secondary N) is 1. The van der Waals surface area contributed by atoms with Crippen molar-refractivity contribution in [2.45, 2.75) is 19.3 Å². The number of H-pyrrole nitrogens is 1. The zero-order valence-corrected chi connectivity index (χ0v) is 11.8. The monoisotopic (exact) mass is 285 g/mol. The Bertz CT molecular complexity index is 746. The van der Waals surface area contributed by atoms with E-state index in [4.69, 9.17) is 9.47 Å². The predicted octanol–water partition coefficient (Wildman–Crippen LogP) is 2.13. The van der Waals surface area contributed by atoms with Gasteiger partial charge in [-0.3, -0.25) is 9.59 Å². The molecule has 1 aromatic heterocycles. The number of aromatic nitrogens is 1. The molecule has 5 nitrogen and oxygen atoms in total. The molecule has 0 amide bonds. The SMILES string of the molecule is COc1ccc([C@@H]2CC(=O)Oc3cc(C)[nH]c(=O)c32)cc1. The van der Waals surface area contributed by atoms with Crippen LogP contribution in [0.2, 0.25) is 0 Å². The van der Waals surface area contributed by atoms with E-state index in [9.17, 15) is 9.59 Å². The number of aromatic amines is 1. The van der Waals surface area contributed by atoms with Crippen molar-refractivity contribution < 1.29 is 14.3 Å². The van der Waals surface area contributed by atoms with Crippen LogP contribution in [0.3, 0.4) is 0 Å². The van der Waals surface area contributed by atoms with Gasteiger partial charge >= 0.3 is 5.97 Å². The Morgan fingerprint density at radius 2 is 1.95 bits per heavy atom. The minimum absolute atomic E-state index is 0.158. The number of methoxy groups -OCH3 is 1. The smallest absolute Gasteiger partial charge is 0.312 e. The van der Waals surface area contributed by atoms with Crippen molar-refractivity contribution in [2.24, 2.45) is 0 Å². The number of rotatable bonds is 2. The Morgan fingerprint density at radius 3 is 2.62 bits per heavy atom. The molecule has 5 heteroatoms. The van der Waals surface area contributed by atoms with E-state index < -0.39 is 0 Å². The van der Waals surface area contributed by atoms with Crippen molar-refractivity contribution in [2.75, 3.05) is 7.11 Å². The Morgan fingerprint density at radius 1 is 1.24 bits per heavy atom. The predicted molar refractivity (Wildman–Crippen MR) is 76.9 cm³/mol. The van der Waals surface area contributed by atoms with Gasteiger partial charge in [-0.2, -0.15) is 0 Å². The molecule has 0 bridgehead atoms. The molecule has 2 aromatic rings. The van der Waals surface area contributed by atoms with E-state index in [1.165, 1.54) is 0 Å². The maximum absolute atomic E-state index is 12.2. The fourth-order valence-electron chi connectivity index (χ4n) is 2.64. The van der Waals surface area contributed by atoms with Gasteiger partial charge in [0.25, 0.3) is 5.56 Å². The van der Waals surface area contributed by atoms with Crippen molar-refractivity contribution in [3.63, 3.8) is 0 Å². The van der Waals surface area contributed by atoms with E-state index >= 15 is 0 Å². The van der Waals surface area contributed by atoms with Crippen molar-refractivity contribution in [3.8, 4) is 11.5 Å². The van der Waals surface area contributed by atoms with Crippen molar-refractivity contribution in [1.82, 2.24) is 4.98 Å². The molecule has 0 aliphatic carbocycles. The van der Waals surface area contributed by atoms with E-state index in [1.807, 2.05) is 24.3 Å². The van der Waals surface area contributed by atoms with Crippen LogP contribution in [0.4, 0.5) is 0 Å². The van der Waals surface area contributed by atoms with Gasteiger partial charge in [-0.25, -0.2) is 0 Å². The summed E-state index contributed by atoms with van der Waals surface area (Å²) in [5.41, 5.74) is 1.86. The maximum Gasteiger partial charge on any atom is 0.312 e. The van der Waals surface area contributed by atoms with Crippen LogP contribution in [0.25, 0.3) is 0 Å². The standard InChI is InChI=1S/C16H15NO4/c1-9-7-13-15(16(19)17-9)12(8-14(18)21-13)10-3-5-11(20-2)6-4-10/h3-7,12H,8H2,1-2H3,(H,17,19)/t12-/m0/s1. The fourth-order valence-corrected chi connectivity index (χ4v) is 2.64. The first-order valence-corrected chi connectivity index (χ1v) is 6.67. The number of fused-ring (bicyclic) bond motifs is 1. The van der Waals surface area contributed by atoms with Gasteiger partial charge in [0.15, 0.2) is 0 Å². The van der Waals surface area contributed by atoms with E-state index in [0.717, 1.165) is 11.3 Å². The van der Waals surface area contributed by atoms with Crippen LogP contribution in [-0.4, -0.2) is 18.1 Å². The lowest BCUT2D eigenvalue weighted by molar-refractivity contribution is -0.135. The van der Waals surface area contributed by atoms with Crippen LogP contribution in [0.1, 0.15) is 29.2 Å². The number of benzene rings is 1. The van der Waals surface area contributed by atoms with Crippen molar-refractivity contribution in [3.05, 3.63) is 57.5 Å². The number of hydrogen-bond donors (Lipinski definition) is 1.